The number of aliphatic imine (C=N–C) groups is 1. The van der Waals surface area contributed by atoms with Crippen LogP contribution in [0.2, 0.25) is 0 Å². The van der Waals surface area contributed by atoms with Crippen LogP contribution in [0, 0.1) is 0 Å². The average Bonchev–Trinajstić information content (AvgIpc) is 2.59. The number of nitrogens with two attached hydrogens (primary N) is 1. The summed E-state index contributed by atoms with van der Waals surface area (Å²) in [7, 11) is 0. The van der Waals surface area contributed by atoms with E-state index in [-0.39, 0.29) is 42.2 Å². The topological polar surface area (TPSA) is 68.9 Å². The lowest BCUT2D eigenvalue weighted by Gasteiger charge is -2.14. The highest BCUT2D eigenvalue weighted by Crippen LogP contribution is 2.29. The standard InChI is InChI=1S/C18H18F3N3O2.HI/c1-2-11-25-15-9-5-3-7-13(15)12-23-17(22)24-14-8-4-6-10-16(14)26-18(19,20)21;/h2-10H,1,11-12H2,(H3,22,23,24);1H. The maximum absolute atomic E-state index is 12.4. The predicted octanol–water partition coefficient (Wildman–Crippen LogP) is 4.69. The molecule has 0 aliphatic carbocycles. The number of anilines is 1. The summed E-state index contributed by atoms with van der Waals surface area (Å²) in [6.07, 6.45) is -3.18. The fourth-order valence-electron chi connectivity index (χ4n) is 2.06. The van der Waals surface area contributed by atoms with E-state index in [0.717, 1.165) is 5.56 Å². The van der Waals surface area contributed by atoms with Crippen molar-refractivity contribution < 1.29 is 22.6 Å². The van der Waals surface area contributed by atoms with Gasteiger partial charge in [0.2, 0.25) is 0 Å². The quantitative estimate of drug-likeness (QED) is 0.254. The summed E-state index contributed by atoms with van der Waals surface area (Å²) in [4.78, 5) is 4.14. The van der Waals surface area contributed by atoms with E-state index in [9.17, 15) is 13.2 Å². The number of hydrogen-bond acceptors (Lipinski definition) is 3. The number of alkyl halides is 3. The van der Waals surface area contributed by atoms with Crippen molar-refractivity contribution in [3.05, 3.63) is 66.7 Å². The van der Waals surface area contributed by atoms with Crippen molar-refractivity contribution in [3.63, 3.8) is 0 Å². The molecule has 0 spiro atoms. The molecule has 0 saturated heterocycles. The lowest BCUT2D eigenvalue weighted by Crippen LogP contribution is -2.24. The molecule has 146 valence electrons. The number of benzene rings is 2. The highest BCUT2D eigenvalue weighted by atomic mass is 127. The van der Waals surface area contributed by atoms with Gasteiger partial charge >= 0.3 is 6.36 Å². The Balaban J connectivity index is 0.00000364. The maximum atomic E-state index is 12.4. The van der Waals surface area contributed by atoms with Crippen molar-refractivity contribution in [2.24, 2.45) is 10.7 Å². The van der Waals surface area contributed by atoms with Crippen LogP contribution in [0.4, 0.5) is 18.9 Å². The van der Waals surface area contributed by atoms with Crippen LogP contribution in [-0.2, 0) is 6.54 Å². The van der Waals surface area contributed by atoms with Gasteiger partial charge in [-0.3, -0.25) is 0 Å². The molecule has 0 heterocycles. The van der Waals surface area contributed by atoms with Crippen LogP contribution in [0.25, 0.3) is 0 Å². The van der Waals surface area contributed by atoms with E-state index < -0.39 is 12.1 Å². The van der Waals surface area contributed by atoms with Crippen molar-refractivity contribution in [2.45, 2.75) is 12.9 Å². The number of nitrogens with zero attached hydrogens (tertiary/aromatic N) is 1. The molecule has 27 heavy (non-hydrogen) atoms. The Bertz CT molecular complexity index is 782. The Morgan fingerprint density at radius 2 is 1.74 bits per heavy atom. The van der Waals surface area contributed by atoms with E-state index in [1.807, 2.05) is 18.2 Å². The summed E-state index contributed by atoms with van der Waals surface area (Å²) in [5.74, 6) is 0.180. The highest BCUT2D eigenvalue weighted by Gasteiger charge is 2.32. The van der Waals surface area contributed by atoms with Gasteiger partial charge in [-0.25, -0.2) is 4.99 Å². The number of para-hydroxylation sites is 3. The van der Waals surface area contributed by atoms with Crippen LogP contribution in [0.5, 0.6) is 11.5 Å². The molecule has 0 amide bonds. The molecule has 3 N–H and O–H groups in total. The minimum Gasteiger partial charge on any atom is -0.489 e. The normalized spacial score (nSPS) is 11.3. The third kappa shape index (κ3) is 7.77. The first-order valence-electron chi connectivity index (χ1n) is 7.62. The summed E-state index contributed by atoms with van der Waals surface area (Å²) in [6, 6.07) is 12.8. The average molecular weight is 493 g/mol. The second-order valence-corrected chi connectivity index (χ2v) is 5.08. The summed E-state index contributed by atoms with van der Waals surface area (Å²) in [5.41, 5.74) is 6.62. The van der Waals surface area contributed by atoms with Crippen molar-refractivity contribution in [2.75, 3.05) is 11.9 Å². The Morgan fingerprint density at radius 1 is 1.11 bits per heavy atom. The van der Waals surface area contributed by atoms with Crippen molar-refractivity contribution >= 4 is 35.6 Å². The maximum Gasteiger partial charge on any atom is 0.573 e. The molecule has 2 rings (SSSR count). The molecule has 5 nitrogen and oxygen atoms in total. The number of nitrogens with one attached hydrogen (secondary N) is 1. The highest BCUT2D eigenvalue weighted by molar-refractivity contribution is 14.0. The first-order valence-corrected chi connectivity index (χ1v) is 7.62. The zero-order valence-corrected chi connectivity index (χ0v) is 16.5. The molecule has 0 aliphatic rings. The van der Waals surface area contributed by atoms with Crippen LogP contribution >= 0.6 is 24.0 Å². The Labute approximate surface area is 172 Å². The smallest absolute Gasteiger partial charge is 0.489 e. The van der Waals surface area contributed by atoms with Crippen LogP contribution in [0.15, 0.2) is 66.2 Å². The van der Waals surface area contributed by atoms with Gasteiger partial charge in [-0.1, -0.05) is 43.0 Å². The van der Waals surface area contributed by atoms with Gasteiger partial charge < -0.3 is 20.5 Å². The SMILES string of the molecule is C=CCOc1ccccc1CN=C(N)Nc1ccccc1OC(F)(F)F.I. The summed E-state index contributed by atoms with van der Waals surface area (Å²) in [5, 5.41) is 2.61. The lowest BCUT2D eigenvalue weighted by molar-refractivity contribution is -0.274. The van der Waals surface area contributed by atoms with E-state index in [1.54, 1.807) is 18.2 Å². The van der Waals surface area contributed by atoms with E-state index in [4.69, 9.17) is 10.5 Å². The first kappa shape index (κ1) is 22.6. The van der Waals surface area contributed by atoms with Gasteiger partial charge in [0.25, 0.3) is 0 Å². The van der Waals surface area contributed by atoms with Crippen molar-refractivity contribution in [1.29, 1.82) is 0 Å². The number of guanidine groups is 1. The Hall–Kier alpha value is -2.43. The van der Waals surface area contributed by atoms with Crippen molar-refractivity contribution in [3.8, 4) is 11.5 Å². The number of hydrogen-bond donors (Lipinski definition) is 2. The molecule has 0 unspecified atom stereocenters. The molecule has 9 heteroatoms. The van der Waals surface area contributed by atoms with E-state index in [1.165, 1.54) is 18.2 Å². The van der Waals surface area contributed by atoms with Crippen LogP contribution < -0.4 is 20.5 Å². The Morgan fingerprint density at radius 3 is 2.41 bits per heavy atom. The second-order valence-electron chi connectivity index (χ2n) is 5.08. The minimum atomic E-state index is -4.80. The van der Waals surface area contributed by atoms with E-state index >= 15 is 0 Å². The van der Waals surface area contributed by atoms with Crippen molar-refractivity contribution in [1.82, 2.24) is 0 Å². The zero-order valence-electron chi connectivity index (χ0n) is 14.2. The molecule has 0 fully saturated rings. The van der Waals surface area contributed by atoms with E-state index in [2.05, 4.69) is 21.6 Å². The minimum absolute atomic E-state index is 0. The second kappa shape index (κ2) is 10.7. The van der Waals surface area contributed by atoms with Crippen LogP contribution in [0.3, 0.4) is 0 Å². The number of halogens is 4. The summed E-state index contributed by atoms with van der Waals surface area (Å²) < 4.78 is 46.8. The van der Waals surface area contributed by atoms with Crippen LogP contribution in [0.1, 0.15) is 5.56 Å². The molecule has 0 saturated carbocycles. The third-order valence-electron chi connectivity index (χ3n) is 3.12. The number of ether oxygens (including phenoxy) is 2. The molecule has 0 aromatic heterocycles. The predicted molar refractivity (Wildman–Crippen MR) is 110 cm³/mol. The molecule has 2 aromatic rings. The molecule has 0 atom stereocenters. The summed E-state index contributed by atoms with van der Waals surface area (Å²) >= 11 is 0. The fourth-order valence-corrected chi connectivity index (χ4v) is 2.06. The third-order valence-corrected chi connectivity index (χ3v) is 3.12. The van der Waals surface area contributed by atoms with Gasteiger partial charge in [0.1, 0.15) is 12.4 Å². The molecule has 0 bridgehead atoms. The van der Waals surface area contributed by atoms with Gasteiger partial charge in [0.15, 0.2) is 11.7 Å². The zero-order chi connectivity index (χ0) is 19.0. The van der Waals surface area contributed by atoms with Gasteiger partial charge in [-0.15, -0.1) is 37.1 Å². The molecule has 0 aliphatic heterocycles. The Kier molecular flexibility index (Phi) is 8.92. The van der Waals surface area contributed by atoms with Gasteiger partial charge in [-0.2, -0.15) is 0 Å². The summed E-state index contributed by atoms with van der Waals surface area (Å²) in [6.45, 7) is 4.12. The molecule has 0 radical (unpaired) electrons. The fraction of sp³-hybridized carbons (Fsp3) is 0.167. The number of rotatable bonds is 7. The van der Waals surface area contributed by atoms with Gasteiger partial charge in [0.05, 0.1) is 12.2 Å². The molecular formula is C18H19F3IN3O2. The molecule has 2 aromatic carbocycles. The monoisotopic (exact) mass is 493 g/mol. The lowest BCUT2D eigenvalue weighted by atomic mass is 10.2. The van der Waals surface area contributed by atoms with Gasteiger partial charge in [-0.05, 0) is 18.2 Å². The van der Waals surface area contributed by atoms with Crippen LogP contribution in [-0.4, -0.2) is 18.9 Å². The van der Waals surface area contributed by atoms with Gasteiger partial charge in [0, 0.05) is 5.56 Å². The first-order chi connectivity index (χ1) is 12.4. The van der Waals surface area contributed by atoms with E-state index in [0.29, 0.717) is 12.4 Å². The largest absolute Gasteiger partial charge is 0.573 e. The molecular weight excluding hydrogens is 474 g/mol.